The van der Waals surface area contributed by atoms with Crippen molar-refractivity contribution in [2.24, 2.45) is 0 Å². The SMILES string of the molecule is CC(=O)N1CCC(N2Cc3cc(-c4noc(C(F)(F)F)n4)ccc3C2=O)C(c2ccccc2)C1. The number of carbonyl (C=O) groups is 2. The number of aromatic nitrogens is 2. The lowest BCUT2D eigenvalue weighted by atomic mass is 9.85. The van der Waals surface area contributed by atoms with Gasteiger partial charge in [-0.1, -0.05) is 41.6 Å². The lowest BCUT2D eigenvalue weighted by molar-refractivity contribution is -0.159. The molecular formula is C24H21F3N4O3. The zero-order valence-corrected chi connectivity index (χ0v) is 18.2. The van der Waals surface area contributed by atoms with Crippen molar-refractivity contribution >= 4 is 11.8 Å². The lowest BCUT2D eigenvalue weighted by Gasteiger charge is -2.42. The molecule has 5 rings (SSSR count). The number of rotatable bonds is 3. The van der Waals surface area contributed by atoms with E-state index >= 15 is 0 Å². The van der Waals surface area contributed by atoms with E-state index in [-0.39, 0.29) is 29.6 Å². The van der Waals surface area contributed by atoms with Gasteiger partial charge in [-0.2, -0.15) is 18.2 Å². The highest BCUT2D eigenvalue weighted by Gasteiger charge is 2.41. The van der Waals surface area contributed by atoms with E-state index in [2.05, 4.69) is 14.7 Å². The van der Waals surface area contributed by atoms with Gasteiger partial charge in [0.05, 0.1) is 0 Å². The van der Waals surface area contributed by atoms with Gasteiger partial charge in [-0.25, -0.2) is 0 Å². The molecule has 0 radical (unpaired) electrons. The molecule has 0 bridgehead atoms. The van der Waals surface area contributed by atoms with Gasteiger partial charge in [-0.3, -0.25) is 9.59 Å². The summed E-state index contributed by atoms with van der Waals surface area (Å²) in [4.78, 5) is 32.4. The topological polar surface area (TPSA) is 79.5 Å². The number of hydrogen-bond donors (Lipinski definition) is 0. The molecule has 1 fully saturated rings. The highest BCUT2D eigenvalue weighted by atomic mass is 19.4. The third kappa shape index (κ3) is 3.93. The van der Waals surface area contributed by atoms with Gasteiger partial charge in [0.15, 0.2) is 0 Å². The van der Waals surface area contributed by atoms with E-state index in [0.29, 0.717) is 42.7 Å². The molecule has 2 aromatic carbocycles. The van der Waals surface area contributed by atoms with E-state index in [4.69, 9.17) is 0 Å². The van der Waals surface area contributed by atoms with Crippen LogP contribution in [0.25, 0.3) is 11.4 Å². The summed E-state index contributed by atoms with van der Waals surface area (Å²) in [5, 5.41) is 3.44. The fourth-order valence-corrected chi connectivity index (χ4v) is 4.83. The minimum atomic E-state index is -4.73. The third-order valence-corrected chi connectivity index (χ3v) is 6.51. The molecular weight excluding hydrogens is 449 g/mol. The molecule has 7 nitrogen and oxygen atoms in total. The first-order chi connectivity index (χ1) is 16.2. The maximum absolute atomic E-state index is 13.3. The molecule has 34 heavy (non-hydrogen) atoms. The van der Waals surface area contributed by atoms with Gasteiger partial charge >= 0.3 is 12.1 Å². The molecule has 2 amide bonds. The summed E-state index contributed by atoms with van der Waals surface area (Å²) < 4.78 is 42.8. The van der Waals surface area contributed by atoms with Crippen LogP contribution in [0.15, 0.2) is 53.1 Å². The van der Waals surface area contributed by atoms with Crippen molar-refractivity contribution in [3.05, 3.63) is 71.1 Å². The lowest BCUT2D eigenvalue weighted by Crippen LogP contribution is -2.51. The summed E-state index contributed by atoms with van der Waals surface area (Å²) in [6.45, 7) is 2.93. The maximum atomic E-state index is 13.3. The van der Waals surface area contributed by atoms with Crippen LogP contribution in [0.3, 0.4) is 0 Å². The summed E-state index contributed by atoms with van der Waals surface area (Å²) in [6, 6.07) is 14.4. The van der Waals surface area contributed by atoms with Gasteiger partial charge in [0.1, 0.15) is 0 Å². The number of hydrogen-bond acceptors (Lipinski definition) is 5. The average molecular weight is 470 g/mol. The van der Waals surface area contributed by atoms with Crippen LogP contribution in [0.4, 0.5) is 13.2 Å². The molecule has 3 heterocycles. The molecule has 2 aliphatic rings. The Morgan fingerprint density at radius 1 is 1.15 bits per heavy atom. The second-order valence-corrected chi connectivity index (χ2v) is 8.56. The number of amides is 2. The largest absolute Gasteiger partial charge is 0.471 e. The predicted molar refractivity (Wildman–Crippen MR) is 114 cm³/mol. The zero-order chi connectivity index (χ0) is 24.0. The summed E-state index contributed by atoms with van der Waals surface area (Å²) >= 11 is 0. The van der Waals surface area contributed by atoms with Crippen LogP contribution in [0, 0.1) is 0 Å². The summed E-state index contributed by atoms with van der Waals surface area (Å²) in [6.07, 6.45) is -4.10. The number of carbonyl (C=O) groups excluding carboxylic acids is 2. The van der Waals surface area contributed by atoms with E-state index in [9.17, 15) is 22.8 Å². The Balaban J connectivity index is 1.43. The Bertz CT molecular complexity index is 1240. The number of alkyl halides is 3. The molecule has 1 saturated heterocycles. The molecule has 2 atom stereocenters. The predicted octanol–water partition coefficient (Wildman–Crippen LogP) is 4.12. The number of benzene rings is 2. The van der Waals surface area contributed by atoms with Gasteiger partial charge in [-0.05, 0) is 29.7 Å². The standard InChI is InChI=1S/C24H21F3N4O3/c1-14(32)30-10-9-20(19(13-30)15-5-3-2-4-6-15)31-12-17-11-16(7-8-18(17)22(31)33)21-28-23(34-29-21)24(25,26)27/h2-8,11,19-20H,9-10,12-13H2,1H3. The van der Waals surface area contributed by atoms with Crippen LogP contribution in [0.2, 0.25) is 0 Å². The molecule has 0 saturated carbocycles. The Hall–Kier alpha value is -3.69. The monoisotopic (exact) mass is 470 g/mol. The van der Waals surface area contributed by atoms with Gasteiger partial charge in [-0.15, -0.1) is 0 Å². The van der Waals surface area contributed by atoms with Crippen molar-refractivity contribution < 1.29 is 27.3 Å². The first kappa shape index (κ1) is 22.1. The van der Waals surface area contributed by atoms with Gasteiger partial charge in [0.2, 0.25) is 11.7 Å². The fraction of sp³-hybridized carbons (Fsp3) is 0.333. The van der Waals surface area contributed by atoms with Crippen molar-refractivity contribution in [3.63, 3.8) is 0 Å². The Labute approximate surface area is 193 Å². The van der Waals surface area contributed by atoms with E-state index < -0.39 is 12.1 Å². The maximum Gasteiger partial charge on any atom is 0.471 e. The molecule has 1 aromatic heterocycles. The minimum Gasteiger partial charge on any atom is -0.342 e. The van der Waals surface area contributed by atoms with Crippen molar-refractivity contribution in [1.82, 2.24) is 19.9 Å². The molecule has 0 aliphatic carbocycles. The number of fused-ring (bicyclic) bond motifs is 1. The Kier molecular flexibility index (Phi) is 5.38. The molecule has 2 aliphatic heterocycles. The summed E-state index contributed by atoms with van der Waals surface area (Å²) in [7, 11) is 0. The molecule has 176 valence electrons. The summed E-state index contributed by atoms with van der Waals surface area (Å²) in [5.41, 5.74) is 2.60. The number of likely N-dealkylation sites (tertiary alicyclic amines) is 1. The van der Waals surface area contributed by atoms with E-state index in [1.165, 1.54) is 6.07 Å². The van der Waals surface area contributed by atoms with Crippen LogP contribution in [0.5, 0.6) is 0 Å². The van der Waals surface area contributed by atoms with Gasteiger partial charge in [0, 0.05) is 49.6 Å². The smallest absolute Gasteiger partial charge is 0.342 e. The minimum absolute atomic E-state index is 0.00149. The Morgan fingerprint density at radius 3 is 2.59 bits per heavy atom. The van der Waals surface area contributed by atoms with Crippen LogP contribution >= 0.6 is 0 Å². The number of piperidine rings is 1. The van der Waals surface area contributed by atoms with Crippen molar-refractivity contribution in [1.29, 1.82) is 0 Å². The molecule has 10 heteroatoms. The summed E-state index contributed by atoms with van der Waals surface area (Å²) in [5.74, 6) is -1.78. The number of nitrogens with zero attached hydrogens (tertiary/aromatic N) is 4. The van der Waals surface area contributed by atoms with E-state index in [1.807, 2.05) is 30.3 Å². The second kappa shape index (κ2) is 8.27. The first-order valence-corrected chi connectivity index (χ1v) is 10.9. The van der Waals surface area contributed by atoms with E-state index in [0.717, 1.165) is 5.56 Å². The van der Waals surface area contributed by atoms with Crippen molar-refractivity contribution in [2.45, 2.75) is 38.0 Å². The second-order valence-electron chi connectivity index (χ2n) is 8.56. The Morgan fingerprint density at radius 2 is 1.91 bits per heavy atom. The number of halogens is 3. The van der Waals surface area contributed by atoms with Crippen molar-refractivity contribution in [2.75, 3.05) is 13.1 Å². The van der Waals surface area contributed by atoms with Gasteiger partial charge < -0.3 is 14.3 Å². The van der Waals surface area contributed by atoms with Crippen LogP contribution in [-0.4, -0.2) is 50.9 Å². The first-order valence-electron chi connectivity index (χ1n) is 10.9. The highest BCUT2D eigenvalue weighted by molar-refractivity contribution is 5.99. The quantitative estimate of drug-likeness (QED) is 0.576. The average Bonchev–Trinajstić information content (AvgIpc) is 3.44. The zero-order valence-electron chi connectivity index (χ0n) is 18.2. The highest BCUT2D eigenvalue weighted by Crippen LogP contribution is 2.37. The van der Waals surface area contributed by atoms with Crippen molar-refractivity contribution in [3.8, 4) is 11.4 Å². The molecule has 0 N–H and O–H groups in total. The van der Waals surface area contributed by atoms with Crippen LogP contribution < -0.4 is 0 Å². The van der Waals surface area contributed by atoms with Gasteiger partial charge in [0.25, 0.3) is 5.91 Å². The normalized spacial score (nSPS) is 20.5. The third-order valence-electron chi connectivity index (χ3n) is 6.51. The van der Waals surface area contributed by atoms with Crippen LogP contribution in [0.1, 0.15) is 46.6 Å². The van der Waals surface area contributed by atoms with Crippen LogP contribution in [-0.2, 0) is 17.5 Å². The van der Waals surface area contributed by atoms with E-state index in [1.54, 1.807) is 28.9 Å². The fourth-order valence-electron chi connectivity index (χ4n) is 4.83. The molecule has 2 unspecified atom stereocenters. The molecule has 3 aromatic rings. The molecule has 0 spiro atoms.